The zero-order chi connectivity index (χ0) is 12.4. The molecule has 4 nitrogen and oxygen atoms in total. The Balaban J connectivity index is 2.23. The van der Waals surface area contributed by atoms with Gasteiger partial charge in [0.2, 0.25) is 11.8 Å². The number of carbonyl (C=O) groups is 1. The third kappa shape index (κ3) is 2.63. The lowest BCUT2D eigenvalue weighted by Crippen LogP contribution is -2.24. The molecule has 1 aromatic heterocycles. The predicted molar refractivity (Wildman–Crippen MR) is 72.7 cm³/mol. The van der Waals surface area contributed by atoms with E-state index in [9.17, 15) is 4.79 Å². The molecule has 1 atom stereocenters. The van der Waals surface area contributed by atoms with Crippen molar-refractivity contribution < 1.29 is 9.53 Å². The molecule has 0 aromatic carbocycles. The van der Waals surface area contributed by atoms with Crippen molar-refractivity contribution in [3.63, 3.8) is 0 Å². The molecule has 1 amide bonds. The molecule has 1 aromatic rings. The summed E-state index contributed by atoms with van der Waals surface area (Å²) in [4.78, 5) is 17.8. The fraction of sp³-hybridized carbons (Fsp3) is 0.455. The second kappa shape index (κ2) is 5.35. The fourth-order valence-corrected chi connectivity index (χ4v) is 2.78. The van der Waals surface area contributed by atoms with Crippen LogP contribution in [0.5, 0.6) is 5.88 Å². The maximum Gasteiger partial charge on any atom is 0.227 e. The molecule has 0 bridgehead atoms. The summed E-state index contributed by atoms with van der Waals surface area (Å²) in [6.45, 7) is 0.741. The quantitative estimate of drug-likeness (QED) is 0.775. The molecule has 1 fully saturated rings. The van der Waals surface area contributed by atoms with Crippen molar-refractivity contribution in [2.24, 2.45) is 5.92 Å². The van der Waals surface area contributed by atoms with E-state index in [2.05, 4.69) is 36.8 Å². The Labute approximate surface area is 117 Å². The van der Waals surface area contributed by atoms with E-state index < -0.39 is 0 Å². The van der Waals surface area contributed by atoms with Gasteiger partial charge in [0.05, 0.1) is 23.5 Å². The van der Waals surface area contributed by atoms with Crippen LogP contribution in [0.3, 0.4) is 0 Å². The van der Waals surface area contributed by atoms with Gasteiger partial charge in [-0.15, -0.1) is 0 Å². The van der Waals surface area contributed by atoms with Crippen LogP contribution in [0.4, 0.5) is 5.69 Å². The summed E-state index contributed by atoms with van der Waals surface area (Å²) < 4.78 is 5.82. The summed E-state index contributed by atoms with van der Waals surface area (Å²) in [6.07, 6.45) is 2.26. The minimum absolute atomic E-state index is 0.147. The van der Waals surface area contributed by atoms with Gasteiger partial charge in [-0.05, 0) is 27.9 Å². The van der Waals surface area contributed by atoms with Gasteiger partial charge < -0.3 is 9.64 Å². The van der Waals surface area contributed by atoms with Crippen molar-refractivity contribution in [3.8, 4) is 5.88 Å². The van der Waals surface area contributed by atoms with Crippen LogP contribution in [-0.4, -0.2) is 29.9 Å². The number of ether oxygens (including phenoxy) is 1. The number of pyridine rings is 1. The average Bonchev–Trinajstić information content (AvgIpc) is 2.70. The van der Waals surface area contributed by atoms with Gasteiger partial charge in [-0.3, -0.25) is 4.79 Å². The van der Waals surface area contributed by atoms with Crippen LogP contribution in [-0.2, 0) is 4.79 Å². The van der Waals surface area contributed by atoms with E-state index >= 15 is 0 Å². The molecular formula is C11H12Br2N2O2. The first kappa shape index (κ1) is 12.8. The second-order valence-electron chi connectivity index (χ2n) is 3.91. The minimum Gasteiger partial charge on any atom is -0.480 e. The van der Waals surface area contributed by atoms with Gasteiger partial charge >= 0.3 is 0 Å². The molecule has 6 heteroatoms. The van der Waals surface area contributed by atoms with E-state index in [1.807, 2.05) is 6.07 Å². The van der Waals surface area contributed by atoms with Gasteiger partial charge in [-0.1, -0.05) is 15.9 Å². The largest absolute Gasteiger partial charge is 0.480 e. The highest BCUT2D eigenvalue weighted by atomic mass is 79.9. The first-order chi connectivity index (χ1) is 8.15. The van der Waals surface area contributed by atoms with Crippen LogP contribution in [0.15, 0.2) is 16.7 Å². The van der Waals surface area contributed by atoms with Crippen LogP contribution in [0.25, 0.3) is 0 Å². The predicted octanol–water partition coefficient (Wildman–Crippen LogP) is 2.60. The van der Waals surface area contributed by atoms with Gasteiger partial charge in [0.25, 0.3) is 0 Å². The fourth-order valence-electron chi connectivity index (χ4n) is 1.85. The maximum absolute atomic E-state index is 11.8. The first-order valence-corrected chi connectivity index (χ1v) is 7.13. The van der Waals surface area contributed by atoms with E-state index in [-0.39, 0.29) is 5.91 Å². The van der Waals surface area contributed by atoms with Gasteiger partial charge in [0.15, 0.2) is 0 Å². The van der Waals surface area contributed by atoms with Crippen molar-refractivity contribution in [3.05, 3.63) is 16.7 Å². The molecule has 0 saturated carbocycles. The molecule has 0 radical (unpaired) electrons. The van der Waals surface area contributed by atoms with Crippen LogP contribution >= 0.6 is 31.9 Å². The van der Waals surface area contributed by atoms with Gasteiger partial charge in [-0.2, -0.15) is 0 Å². The molecule has 2 heterocycles. The van der Waals surface area contributed by atoms with Crippen LogP contribution in [0, 0.1) is 5.92 Å². The van der Waals surface area contributed by atoms with Crippen molar-refractivity contribution in [1.29, 1.82) is 0 Å². The van der Waals surface area contributed by atoms with Gasteiger partial charge in [0, 0.05) is 18.3 Å². The molecule has 0 spiro atoms. The summed E-state index contributed by atoms with van der Waals surface area (Å²) in [5.74, 6) is 1.05. The number of aromatic nitrogens is 1. The first-order valence-electron chi connectivity index (χ1n) is 5.21. The lowest BCUT2D eigenvalue weighted by Gasteiger charge is -2.16. The average molecular weight is 364 g/mol. The van der Waals surface area contributed by atoms with Gasteiger partial charge in [0.1, 0.15) is 0 Å². The number of methoxy groups -OCH3 is 1. The second-order valence-corrected chi connectivity index (χ2v) is 5.42. The number of halogens is 2. The number of hydrogen-bond acceptors (Lipinski definition) is 3. The molecule has 1 unspecified atom stereocenters. The lowest BCUT2D eigenvalue weighted by atomic mass is 10.2. The zero-order valence-corrected chi connectivity index (χ0v) is 12.5. The molecule has 1 saturated heterocycles. The number of amides is 1. The molecular weight excluding hydrogens is 352 g/mol. The SMILES string of the molecule is COc1ncc(N2CC(CBr)CC2=O)cc1Br. The number of nitrogens with zero attached hydrogens (tertiary/aromatic N) is 2. The lowest BCUT2D eigenvalue weighted by molar-refractivity contribution is -0.117. The van der Waals surface area contributed by atoms with E-state index in [1.165, 1.54) is 0 Å². The van der Waals surface area contributed by atoms with Crippen molar-refractivity contribution in [2.45, 2.75) is 6.42 Å². The van der Waals surface area contributed by atoms with Crippen LogP contribution < -0.4 is 9.64 Å². The summed E-state index contributed by atoms with van der Waals surface area (Å²) in [5, 5.41) is 0.847. The number of rotatable bonds is 3. The molecule has 17 heavy (non-hydrogen) atoms. The zero-order valence-electron chi connectivity index (χ0n) is 9.32. The molecule has 0 aliphatic carbocycles. The Bertz CT molecular complexity index is 439. The third-order valence-corrected chi connectivity index (χ3v) is 4.21. The molecule has 0 N–H and O–H groups in total. The Kier molecular flexibility index (Phi) is 4.04. The Morgan fingerprint density at radius 1 is 1.65 bits per heavy atom. The van der Waals surface area contributed by atoms with Gasteiger partial charge in [-0.25, -0.2) is 4.98 Å². The molecule has 1 aliphatic heterocycles. The van der Waals surface area contributed by atoms with E-state index in [0.717, 1.165) is 22.0 Å². The monoisotopic (exact) mass is 362 g/mol. The van der Waals surface area contributed by atoms with Crippen molar-refractivity contribution in [2.75, 3.05) is 23.9 Å². The molecule has 2 rings (SSSR count). The minimum atomic E-state index is 0.147. The summed E-state index contributed by atoms with van der Waals surface area (Å²) in [7, 11) is 1.56. The third-order valence-electron chi connectivity index (χ3n) is 2.72. The van der Waals surface area contributed by atoms with E-state index in [4.69, 9.17) is 4.74 Å². The highest BCUT2D eigenvalue weighted by molar-refractivity contribution is 9.10. The van der Waals surface area contributed by atoms with Crippen LogP contribution in [0.2, 0.25) is 0 Å². The number of anilines is 1. The number of alkyl halides is 1. The Morgan fingerprint density at radius 3 is 2.94 bits per heavy atom. The number of carbonyl (C=O) groups excluding carboxylic acids is 1. The highest BCUT2D eigenvalue weighted by Crippen LogP contribution is 2.30. The molecule has 1 aliphatic rings. The maximum atomic E-state index is 11.8. The summed E-state index contributed by atoms with van der Waals surface area (Å²) in [5.41, 5.74) is 0.811. The van der Waals surface area contributed by atoms with Crippen molar-refractivity contribution >= 4 is 43.5 Å². The standard InChI is InChI=1S/C11H12Br2N2O2/c1-17-11-9(13)3-8(5-14-11)15-6-7(4-12)2-10(15)16/h3,5,7H,2,4,6H2,1H3. The number of hydrogen-bond donors (Lipinski definition) is 0. The highest BCUT2D eigenvalue weighted by Gasteiger charge is 2.30. The summed E-state index contributed by atoms with van der Waals surface area (Å²) in [6, 6.07) is 1.86. The normalized spacial score (nSPS) is 19.8. The smallest absolute Gasteiger partial charge is 0.227 e. The molecule has 92 valence electrons. The van der Waals surface area contributed by atoms with E-state index in [1.54, 1.807) is 18.2 Å². The van der Waals surface area contributed by atoms with Crippen molar-refractivity contribution in [1.82, 2.24) is 4.98 Å². The Morgan fingerprint density at radius 2 is 2.41 bits per heavy atom. The topological polar surface area (TPSA) is 42.4 Å². The van der Waals surface area contributed by atoms with Crippen LogP contribution in [0.1, 0.15) is 6.42 Å². The van der Waals surface area contributed by atoms with E-state index in [0.29, 0.717) is 18.2 Å². The summed E-state index contributed by atoms with van der Waals surface area (Å²) >= 11 is 6.79. The Hall–Kier alpha value is -0.620.